The zero-order valence-electron chi connectivity index (χ0n) is 13.6. The van der Waals surface area contributed by atoms with Crippen molar-refractivity contribution >= 4 is 51.9 Å². The second-order valence-electron chi connectivity index (χ2n) is 5.38. The molecule has 0 aliphatic carbocycles. The molecular formula is C19H16ClNO2S2. The Bertz CT molecular complexity index is 834. The van der Waals surface area contributed by atoms with Crippen LogP contribution in [0, 0.1) is 0 Å². The predicted molar refractivity (Wildman–Crippen MR) is 108 cm³/mol. The number of nitrogens with zero attached hydrogens (tertiary/aromatic N) is 1. The fourth-order valence-corrected chi connectivity index (χ4v) is 3.89. The molecule has 0 N–H and O–H groups in total. The minimum atomic E-state index is -0.0509. The molecule has 1 fully saturated rings. The molecule has 2 aromatic carbocycles. The molecule has 0 bridgehead atoms. The highest BCUT2D eigenvalue weighted by Crippen LogP contribution is 2.34. The van der Waals surface area contributed by atoms with Crippen LogP contribution in [-0.4, -0.2) is 21.7 Å². The number of amides is 1. The lowest BCUT2D eigenvalue weighted by molar-refractivity contribution is -0.121. The average Bonchev–Trinajstić information content (AvgIpc) is 2.88. The molecule has 0 unspecified atom stereocenters. The molecule has 3 nitrogen and oxygen atoms in total. The van der Waals surface area contributed by atoms with Crippen LogP contribution < -0.4 is 4.74 Å². The number of para-hydroxylation sites is 1. The lowest BCUT2D eigenvalue weighted by Gasteiger charge is -2.10. The lowest BCUT2D eigenvalue weighted by atomic mass is 10.1. The molecule has 0 aromatic heterocycles. The number of ether oxygens (including phenoxy) is 1. The van der Waals surface area contributed by atoms with Gasteiger partial charge in [0, 0.05) is 17.1 Å². The van der Waals surface area contributed by atoms with Crippen LogP contribution in [0.1, 0.15) is 18.1 Å². The van der Waals surface area contributed by atoms with Crippen molar-refractivity contribution in [1.29, 1.82) is 0 Å². The third-order valence-electron chi connectivity index (χ3n) is 3.70. The maximum atomic E-state index is 12.4. The second kappa shape index (κ2) is 8.04. The maximum Gasteiger partial charge on any atom is 0.266 e. The number of rotatable bonds is 5. The molecule has 1 amide bonds. The Morgan fingerprint density at radius 3 is 2.60 bits per heavy atom. The molecule has 1 saturated heterocycles. The Labute approximate surface area is 161 Å². The number of thiocarbonyl (C=S) groups is 1. The zero-order valence-corrected chi connectivity index (χ0v) is 16.0. The number of hydrogen-bond donors (Lipinski definition) is 0. The summed E-state index contributed by atoms with van der Waals surface area (Å²) in [6, 6.07) is 15.2. The van der Waals surface area contributed by atoms with Crippen molar-refractivity contribution in [2.75, 3.05) is 6.54 Å². The first kappa shape index (κ1) is 18.0. The molecule has 0 radical (unpaired) electrons. The number of likely N-dealkylation sites (N-methyl/N-ethyl adjacent to an activating group) is 1. The maximum absolute atomic E-state index is 12.4. The first-order valence-electron chi connectivity index (χ1n) is 7.80. The van der Waals surface area contributed by atoms with Gasteiger partial charge < -0.3 is 4.74 Å². The van der Waals surface area contributed by atoms with Gasteiger partial charge in [0.15, 0.2) is 0 Å². The first-order valence-corrected chi connectivity index (χ1v) is 9.40. The van der Waals surface area contributed by atoms with Crippen LogP contribution in [0.4, 0.5) is 0 Å². The summed E-state index contributed by atoms with van der Waals surface area (Å²) >= 11 is 12.5. The fraction of sp³-hybridized carbons (Fsp3) is 0.158. The van der Waals surface area contributed by atoms with E-state index in [4.69, 9.17) is 28.6 Å². The van der Waals surface area contributed by atoms with Gasteiger partial charge in [0.25, 0.3) is 5.91 Å². The molecule has 1 aliphatic rings. The van der Waals surface area contributed by atoms with Crippen molar-refractivity contribution < 1.29 is 9.53 Å². The summed E-state index contributed by atoms with van der Waals surface area (Å²) < 4.78 is 6.53. The summed E-state index contributed by atoms with van der Waals surface area (Å²) in [5, 5.41) is 0.696. The quantitative estimate of drug-likeness (QED) is 0.523. The van der Waals surface area contributed by atoms with Crippen molar-refractivity contribution in [3.8, 4) is 5.75 Å². The average molecular weight is 390 g/mol. The molecule has 1 heterocycles. The van der Waals surface area contributed by atoms with E-state index in [1.54, 1.807) is 4.90 Å². The SMILES string of the molecule is CCN1C(=O)/C(=C\c2ccccc2OCc2ccc(Cl)cc2)SC1=S. The van der Waals surface area contributed by atoms with Crippen LogP contribution in [0.25, 0.3) is 6.08 Å². The first-order chi connectivity index (χ1) is 12.1. The van der Waals surface area contributed by atoms with Crippen molar-refractivity contribution in [1.82, 2.24) is 4.90 Å². The van der Waals surface area contributed by atoms with Gasteiger partial charge in [-0.1, -0.05) is 65.9 Å². The molecule has 25 heavy (non-hydrogen) atoms. The van der Waals surface area contributed by atoms with Gasteiger partial charge in [0.2, 0.25) is 0 Å². The van der Waals surface area contributed by atoms with Gasteiger partial charge in [-0.05, 0) is 36.8 Å². The van der Waals surface area contributed by atoms with E-state index in [9.17, 15) is 4.79 Å². The van der Waals surface area contributed by atoms with Crippen LogP contribution >= 0.6 is 35.6 Å². The molecule has 128 valence electrons. The summed E-state index contributed by atoms with van der Waals surface area (Å²) in [5.74, 6) is 0.671. The monoisotopic (exact) mass is 389 g/mol. The van der Waals surface area contributed by atoms with Gasteiger partial charge in [-0.3, -0.25) is 9.69 Å². The van der Waals surface area contributed by atoms with E-state index in [-0.39, 0.29) is 5.91 Å². The summed E-state index contributed by atoms with van der Waals surface area (Å²) in [6.45, 7) is 2.92. The van der Waals surface area contributed by atoms with Gasteiger partial charge in [-0.15, -0.1) is 0 Å². The third-order valence-corrected chi connectivity index (χ3v) is 5.33. The molecular weight excluding hydrogens is 374 g/mol. The normalized spacial score (nSPS) is 15.9. The van der Waals surface area contributed by atoms with Gasteiger partial charge in [-0.25, -0.2) is 0 Å². The third kappa shape index (κ3) is 4.24. The van der Waals surface area contributed by atoms with Crippen molar-refractivity contribution in [3.05, 3.63) is 69.6 Å². The molecule has 0 atom stereocenters. The van der Waals surface area contributed by atoms with Crippen LogP contribution in [0.15, 0.2) is 53.4 Å². The molecule has 0 spiro atoms. The summed E-state index contributed by atoms with van der Waals surface area (Å²) in [7, 11) is 0. The highest BCUT2D eigenvalue weighted by Gasteiger charge is 2.30. The number of hydrogen-bond acceptors (Lipinski definition) is 4. The summed E-state index contributed by atoms with van der Waals surface area (Å²) in [4.78, 5) is 14.6. The molecule has 3 rings (SSSR count). The molecule has 2 aromatic rings. The Hall–Kier alpha value is -1.82. The van der Waals surface area contributed by atoms with E-state index in [0.717, 1.165) is 16.9 Å². The highest BCUT2D eigenvalue weighted by molar-refractivity contribution is 8.26. The van der Waals surface area contributed by atoms with Crippen LogP contribution in [-0.2, 0) is 11.4 Å². The number of carbonyl (C=O) groups excluding carboxylic acids is 1. The Morgan fingerprint density at radius 1 is 1.20 bits per heavy atom. The number of thioether (sulfide) groups is 1. The minimum absolute atomic E-state index is 0.0509. The topological polar surface area (TPSA) is 29.5 Å². The largest absolute Gasteiger partial charge is 0.488 e. The van der Waals surface area contributed by atoms with E-state index in [0.29, 0.717) is 27.4 Å². The van der Waals surface area contributed by atoms with E-state index in [1.807, 2.05) is 61.5 Å². The van der Waals surface area contributed by atoms with Crippen LogP contribution in [0.5, 0.6) is 5.75 Å². The number of halogens is 1. The van der Waals surface area contributed by atoms with Crippen LogP contribution in [0.3, 0.4) is 0 Å². The molecule has 0 saturated carbocycles. The van der Waals surface area contributed by atoms with E-state index >= 15 is 0 Å². The predicted octanol–water partition coefficient (Wildman–Crippen LogP) is 5.14. The van der Waals surface area contributed by atoms with E-state index < -0.39 is 0 Å². The summed E-state index contributed by atoms with van der Waals surface area (Å²) in [6.07, 6.45) is 1.84. The second-order valence-corrected chi connectivity index (χ2v) is 7.49. The smallest absolute Gasteiger partial charge is 0.266 e. The minimum Gasteiger partial charge on any atom is -0.488 e. The van der Waals surface area contributed by atoms with Gasteiger partial charge >= 0.3 is 0 Å². The van der Waals surface area contributed by atoms with Crippen molar-refractivity contribution in [3.63, 3.8) is 0 Å². The van der Waals surface area contributed by atoms with Gasteiger partial charge in [-0.2, -0.15) is 0 Å². The zero-order chi connectivity index (χ0) is 17.8. The van der Waals surface area contributed by atoms with E-state index in [1.165, 1.54) is 11.8 Å². The number of benzene rings is 2. The Balaban J connectivity index is 1.79. The summed E-state index contributed by atoms with van der Waals surface area (Å²) in [5.41, 5.74) is 1.88. The van der Waals surface area contributed by atoms with Crippen LogP contribution in [0.2, 0.25) is 5.02 Å². The standard InChI is InChI=1S/C19H16ClNO2S2/c1-2-21-18(22)17(25-19(21)24)11-14-5-3-4-6-16(14)23-12-13-7-9-15(20)10-8-13/h3-11H,2,12H2,1H3/b17-11+. The molecule has 1 aliphatic heterocycles. The van der Waals surface area contributed by atoms with Gasteiger partial charge in [0.1, 0.15) is 16.7 Å². The Kier molecular flexibility index (Phi) is 5.78. The van der Waals surface area contributed by atoms with Crippen molar-refractivity contribution in [2.24, 2.45) is 0 Å². The van der Waals surface area contributed by atoms with Crippen molar-refractivity contribution in [2.45, 2.75) is 13.5 Å². The van der Waals surface area contributed by atoms with E-state index in [2.05, 4.69) is 0 Å². The Morgan fingerprint density at radius 2 is 1.92 bits per heavy atom. The molecule has 6 heteroatoms. The lowest BCUT2D eigenvalue weighted by Crippen LogP contribution is -2.27. The number of carbonyl (C=O) groups is 1. The highest BCUT2D eigenvalue weighted by atomic mass is 35.5. The fourth-order valence-electron chi connectivity index (χ4n) is 2.39. The van der Waals surface area contributed by atoms with Gasteiger partial charge in [0.05, 0.1) is 4.91 Å².